The van der Waals surface area contributed by atoms with Gasteiger partial charge in [0.2, 0.25) is 11.7 Å². The summed E-state index contributed by atoms with van der Waals surface area (Å²) >= 11 is 0. The summed E-state index contributed by atoms with van der Waals surface area (Å²) in [4.78, 5) is 4.27. The molecule has 1 atom stereocenters. The zero-order valence-electron chi connectivity index (χ0n) is 11.7. The van der Waals surface area contributed by atoms with Gasteiger partial charge < -0.3 is 14.4 Å². The molecular formula is C15H18N2O3. The maximum absolute atomic E-state index is 9.76. The second-order valence-corrected chi connectivity index (χ2v) is 5.41. The molecule has 5 nitrogen and oxygen atoms in total. The quantitative estimate of drug-likeness (QED) is 0.928. The standard InChI is InChI=1S/C15H18N2O3/c1-9(2)15-16-14(17-20-15)8-19-11-4-5-12-10(7-11)3-6-13(12)18/h4-5,7,9,13,18H,3,6,8H2,1-2H3/t13-/m0/s1. The second kappa shape index (κ2) is 5.25. The Hall–Kier alpha value is -1.88. The van der Waals surface area contributed by atoms with Crippen molar-refractivity contribution in [3.63, 3.8) is 0 Å². The van der Waals surface area contributed by atoms with Crippen LogP contribution in [0.5, 0.6) is 5.75 Å². The van der Waals surface area contributed by atoms with Crippen molar-refractivity contribution in [2.45, 2.75) is 45.3 Å². The number of rotatable bonds is 4. The van der Waals surface area contributed by atoms with Gasteiger partial charge in [0.1, 0.15) is 5.75 Å². The molecule has 2 aromatic rings. The van der Waals surface area contributed by atoms with Gasteiger partial charge in [-0.1, -0.05) is 25.1 Å². The lowest BCUT2D eigenvalue weighted by molar-refractivity contribution is 0.180. The maximum Gasteiger partial charge on any atom is 0.229 e. The molecule has 1 heterocycles. The van der Waals surface area contributed by atoms with Crippen LogP contribution in [0.2, 0.25) is 0 Å². The highest BCUT2D eigenvalue weighted by Crippen LogP contribution is 2.33. The van der Waals surface area contributed by atoms with Crippen LogP contribution in [-0.2, 0) is 13.0 Å². The zero-order valence-corrected chi connectivity index (χ0v) is 11.7. The number of aromatic nitrogens is 2. The molecule has 5 heteroatoms. The van der Waals surface area contributed by atoms with Crippen LogP contribution >= 0.6 is 0 Å². The Morgan fingerprint density at radius 2 is 2.30 bits per heavy atom. The topological polar surface area (TPSA) is 68.4 Å². The van der Waals surface area contributed by atoms with Crippen molar-refractivity contribution in [1.82, 2.24) is 10.1 Å². The van der Waals surface area contributed by atoms with Crippen LogP contribution in [0.25, 0.3) is 0 Å². The molecule has 1 aromatic carbocycles. The van der Waals surface area contributed by atoms with Crippen LogP contribution in [0, 0.1) is 0 Å². The molecule has 1 aliphatic rings. The van der Waals surface area contributed by atoms with Crippen LogP contribution < -0.4 is 4.74 Å². The van der Waals surface area contributed by atoms with Crippen LogP contribution in [0.3, 0.4) is 0 Å². The molecule has 3 rings (SSSR count). The number of hydrogen-bond acceptors (Lipinski definition) is 5. The van der Waals surface area contributed by atoms with Crippen molar-refractivity contribution in [2.75, 3.05) is 0 Å². The van der Waals surface area contributed by atoms with E-state index in [4.69, 9.17) is 9.26 Å². The van der Waals surface area contributed by atoms with Gasteiger partial charge in [-0.15, -0.1) is 0 Å². The predicted molar refractivity (Wildman–Crippen MR) is 72.4 cm³/mol. The van der Waals surface area contributed by atoms with E-state index in [1.807, 2.05) is 32.0 Å². The Balaban J connectivity index is 1.66. The highest BCUT2D eigenvalue weighted by molar-refractivity contribution is 5.39. The molecule has 0 radical (unpaired) electrons. The molecule has 106 valence electrons. The zero-order chi connectivity index (χ0) is 14.1. The first kappa shape index (κ1) is 13.1. The number of benzene rings is 1. The minimum atomic E-state index is -0.329. The van der Waals surface area contributed by atoms with Gasteiger partial charge >= 0.3 is 0 Å². The fourth-order valence-corrected chi connectivity index (χ4v) is 2.37. The highest BCUT2D eigenvalue weighted by Gasteiger charge is 2.20. The van der Waals surface area contributed by atoms with Gasteiger partial charge in [0.15, 0.2) is 6.61 Å². The van der Waals surface area contributed by atoms with Gasteiger partial charge in [0, 0.05) is 5.92 Å². The van der Waals surface area contributed by atoms with Gasteiger partial charge in [-0.25, -0.2) is 0 Å². The van der Waals surface area contributed by atoms with E-state index < -0.39 is 0 Å². The van der Waals surface area contributed by atoms with Crippen LogP contribution in [0.1, 0.15) is 55.1 Å². The lowest BCUT2D eigenvalue weighted by atomic mass is 10.1. The van der Waals surface area contributed by atoms with Crippen molar-refractivity contribution in [2.24, 2.45) is 0 Å². The summed E-state index contributed by atoms with van der Waals surface area (Å²) in [5.74, 6) is 2.17. The SMILES string of the molecule is CC(C)c1nc(COc2ccc3c(c2)CC[C@@H]3O)no1. The molecule has 0 saturated carbocycles. The number of aliphatic hydroxyl groups is 1. The molecule has 0 amide bonds. The molecule has 0 aliphatic heterocycles. The Bertz CT molecular complexity index is 607. The molecule has 1 N–H and O–H groups in total. The number of aryl methyl sites for hydroxylation is 1. The summed E-state index contributed by atoms with van der Waals surface area (Å²) < 4.78 is 10.8. The smallest absolute Gasteiger partial charge is 0.229 e. The van der Waals surface area contributed by atoms with Crippen LogP contribution in [-0.4, -0.2) is 15.2 Å². The molecule has 0 fully saturated rings. The van der Waals surface area contributed by atoms with E-state index in [9.17, 15) is 5.11 Å². The average Bonchev–Trinajstić information content (AvgIpc) is 3.04. The van der Waals surface area contributed by atoms with E-state index in [0.717, 1.165) is 29.7 Å². The number of nitrogens with zero attached hydrogens (tertiary/aromatic N) is 2. The third-order valence-corrected chi connectivity index (χ3v) is 3.51. The highest BCUT2D eigenvalue weighted by atomic mass is 16.5. The van der Waals surface area contributed by atoms with Crippen molar-refractivity contribution >= 4 is 0 Å². The van der Waals surface area contributed by atoms with Crippen LogP contribution in [0.4, 0.5) is 0 Å². The molecule has 1 aliphatic carbocycles. The maximum atomic E-state index is 9.76. The fourth-order valence-electron chi connectivity index (χ4n) is 2.37. The Labute approximate surface area is 117 Å². The molecule has 1 aromatic heterocycles. The Kier molecular flexibility index (Phi) is 3.44. The summed E-state index contributed by atoms with van der Waals surface area (Å²) in [5.41, 5.74) is 2.17. The number of aliphatic hydroxyl groups excluding tert-OH is 1. The minimum Gasteiger partial charge on any atom is -0.485 e. The second-order valence-electron chi connectivity index (χ2n) is 5.41. The first-order valence-corrected chi connectivity index (χ1v) is 6.89. The third-order valence-electron chi connectivity index (χ3n) is 3.51. The summed E-state index contributed by atoms with van der Waals surface area (Å²) in [6.45, 7) is 4.30. The van der Waals surface area contributed by atoms with E-state index in [2.05, 4.69) is 10.1 Å². The lowest BCUT2D eigenvalue weighted by Gasteiger charge is -2.07. The molecule has 0 bridgehead atoms. The van der Waals surface area contributed by atoms with Gasteiger partial charge in [-0.05, 0) is 36.1 Å². The molecule has 20 heavy (non-hydrogen) atoms. The summed E-state index contributed by atoms with van der Waals surface area (Å²) in [6.07, 6.45) is 1.36. The van der Waals surface area contributed by atoms with Gasteiger partial charge in [0.05, 0.1) is 6.10 Å². The van der Waals surface area contributed by atoms with Crippen molar-refractivity contribution in [3.05, 3.63) is 41.0 Å². The Morgan fingerprint density at radius 3 is 3.05 bits per heavy atom. The summed E-state index contributed by atoms with van der Waals surface area (Å²) in [5, 5.41) is 13.6. The van der Waals surface area contributed by atoms with Crippen molar-refractivity contribution < 1.29 is 14.4 Å². The Morgan fingerprint density at radius 1 is 1.45 bits per heavy atom. The van der Waals surface area contributed by atoms with E-state index in [0.29, 0.717) is 11.7 Å². The van der Waals surface area contributed by atoms with E-state index in [-0.39, 0.29) is 18.6 Å². The minimum absolute atomic E-state index is 0.220. The molecule has 0 spiro atoms. The van der Waals surface area contributed by atoms with Crippen molar-refractivity contribution in [3.8, 4) is 5.75 Å². The number of fused-ring (bicyclic) bond motifs is 1. The number of ether oxygens (including phenoxy) is 1. The first-order chi connectivity index (χ1) is 9.63. The van der Waals surface area contributed by atoms with E-state index in [1.165, 1.54) is 0 Å². The largest absolute Gasteiger partial charge is 0.485 e. The number of hydrogen-bond donors (Lipinski definition) is 1. The van der Waals surface area contributed by atoms with E-state index >= 15 is 0 Å². The first-order valence-electron chi connectivity index (χ1n) is 6.89. The predicted octanol–water partition coefficient (Wildman–Crippen LogP) is 2.75. The monoisotopic (exact) mass is 274 g/mol. The van der Waals surface area contributed by atoms with Gasteiger partial charge in [-0.3, -0.25) is 0 Å². The lowest BCUT2D eigenvalue weighted by Crippen LogP contribution is -1.99. The normalized spacial score (nSPS) is 17.5. The fraction of sp³-hybridized carbons (Fsp3) is 0.467. The molecular weight excluding hydrogens is 256 g/mol. The molecule has 0 unspecified atom stereocenters. The average molecular weight is 274 g/mol. The van der Waals surface area contributed by atoms with Gasteiger partial charge in [0.25, 0.3) is 0 Å². The third kappa shape index (κ3) is 2.54. The summed E-state index contributed by atoms with van der Waals surface area (Å²) in [7, 11) is 0. The summed E-state index contributed by atoms with van der Waals surface area (Å²) in [6, 6.07) is 5.78. The van der Waals surface area contributed by atoms with Gasteiger partial charge in [-0.2, -0.15) is 4.98 Å². The van der Waals surface area contributed by atoms with E-state index in [1.54, 1.807) is 0 Å². The van der Waals surface area contributed by atoms with Crippen molar-refractivity contribution in [1.29, 1.82) is 0 Å². The molecule has 0 saturated heterocycles. The van der Waals surface area contributed by atoms with Crippen LogP contribution in [0.15, 0.2) is 22.7 Å².